The lowest BCUT2D eigenvalue weighted by atomic mass is 9.97. The van der Waals surface area contributed by atoms with Crippen LogP contribution in [0.25, 0.3) is 0 Å². The number of amides is 1. The van der Waals surface area contributed by atoms with E-state index < -0.39 is 40.1 Å². The zero-order valence-electron chi connectivity index (χ0n) is 20.3. The number of aliphatic hydroxyl groups is 1. The van der Waals surface area contributed by atoms with Crippen LogP contribution in [0.4, 0.5) is 5.13 Å². The highest BCUT2D eigenvalue weighted by atomic mass is 32.2. The van der Waals surface area contributed by atoms with Crippen LogP contribution in [0.5, 0.6) is 0 Å². The number of aliphatic imine (C=N–C) groups is 1. The van der Waals surface area contributed by atoms with Crippen LogP contribution in [-0.4, -0.2) is 96.9 Å². The summed E-state index contributed by atoms with van der Waals surface area (Å²) >= 11 is 1.03. The van der Waals surface area contributed by atoms with Crippen LogP contribution in [0.3, 0.4) is 0 Å². The number of nitrogens with one attached hydrogen (secondary N) is 1. The first kappa shape index (κ1) is 28.3. The predicted molar refractivity (Wildman–Crippen MR) is 132 cm³/mol. The van der Waals surface area contributed by atoms with E-state index in [9.17, 15) is 27.7 Å². The van der Waals surface area contributed by atoms with Gasteiger partial charge in [0.2, 0.25) is 0 Å². The molecule has 1 aliphatic rings. The van der Waals surface area contributed by atoms with E-state index in [1.807, 2.05) is 0 Å². The summed E-state index contributed by atoms with van der Waals surface area (Å²) < 4.78 is 33.8. The summed E-state index contributed by atoms with van der Waals surface area (Å²) in [6, 6.07) is -2.37. The Morgan fingerprint density at radius 1 is 1.41 bits per heavy atom. The van der Waals surface area contributed by atoms with E-state index in [0.29, 0.717) is 16.4 Å². The molecule has 3 heterocycles. The molecule has 2 aromatic heterocycles. The molecule has 3 rings (SSSR count). The number of carbonyl (C=O) groups excluding carboxylic acids is 2. The van der Waals surface area contributed by atoms with E-state index in [-0.39, 0.29) is 28.9 Å². The molecule has 202 valence electrons. The Balaban J connectivity index is 1.86. The van der Waals surface area contributed by atoms with Gasteiger partial charge < -0.3 is 26.0 Å². The minimum absolute atomic E-state index is 0.0346. The molecule has 0 aliphatic carbocycles. The molecule has 3 atom stereocenters. The summed E-state index contributed by atoms with van der Waals surface area (Å²) in [4.78, 5) is 39.3. The van der Waals surface area contributed by atoms with Gasteiger partial charge >= 0.3 is 10.3 Å². The number of rotatable bonds is 11. The minimum Gasteiger partial charge on any atom is -0.381 e. The molecule has 37 heavy (non-hydrogen) atoms. The van der Waals surface area contributed by atoms with Gasteiger partial charge in [-0.2, -0.15) is 23.4 Å². The third kappa shape index (κ3) is 6.52. The third-order valence-corrected chi connectivity index (χ3v) is 7.19. The molecule has 0 saturated carbocycles. The number of nitrogen functional groups attached to an aromatic ring is 1. The highest BCUT2D eigenvalue weighted by Gasteiger charge is 2.55. The highest BCUT2D eigenvalue weighted by molar-refractivity contribution is 7.83. The van der Waals surface area contributed by atoms with Crippen LogP contribution >= 0.6 is 11.3 Å². The van der Waals surface area contributed by atoms with Crippen LogP contribution < -0.4 is 11.1 Å². The number of anilines is 1. The molecule has 0 spiro atoms. The Bertz CT molecular complexity index is 1320. The SMILES string of the molecule is CN=CCc1cnn(CC2C(NC(=O)C(=NOC(C)(C)C(C)=O)c3csc(N)n3)C(O)N2S(=O)(=O)O)n1. The lowest BCUT2D eigenvalue weighted by Gasteiger charge is -2.49. The topological polar surface area (TPSA) is 228 Å². The molecule has 0 radical (unpaired) electrons. The van der Waals surface area contributed by atoms with Crippen molar-refractivity contribution < 1.29 is 32.5 Å². The molecule has 1 saturated heterocycles. The van der Waals surface area contributed by atoms with Crippen molar-refractivity contribution in [2.75, 3.05) is 12.8 Å². The smallest absolute Gasteiger partial charge is 0.338 e. The minimum atomic E-state index is -4.85. The molecule has 16 nitrogen and oxygen atoms in total. The lowest BCUT2D eigenvalue weighted by Crippen LogP contribution is -2.75. The van der Waals surface area contributed by atoms with Crippen molar-refractivity contribution in [3.8, 4) is 0 Å². The highest BCUT2D eigenvalue weighted by Crippen LogP contribution is 2.29. The second-order valence-corrected chi connectivity index (χ2v) is 10.7. The van der Waals surface area contributed by atoms with Crippen molar-refractivity contribution in [2.45, 2.75) is 57.6 Å². The summed E-state index contributed by atoms with van der Waals surface area (Å²) in [6.07, 6.45) is 1.64. The van der Waals surface area contributed by atoms with Crippen molar-refractivity contribution >= 4 is 50.4 Å². The molecule has 1 fully saturated rings. The molecular formula is C19H27N9O7S2. The molecule has 0 aromatic carbocycles. The largest absolute Gasteiger partial charge is 0.381 e. The molecule has 1 amide bonds. The normalized spacial score (nSPS) is 21.1. The number of aromatic nitrogens is 4. The average molecular weight is 558 g/mol. The summed E-state index contributed by atoms with van der Waals surface area (Å²) in [5, 5.41) is 26.6. The monoisotopic (exact) mass is 557 g/mol. The van der Waals surface area contributed by atoms with Crippen molar-refractivity contribution in [2.24, 2.45) is 10.1 Å². The van der Waals surface area contributed by atoms with E-state index in [0.717, 1.165) is 11.3 Å². The fourth-order valence-electron chi connectivity index (χ4n) is 3.19. The maximum atomic E-state index is 13.2. The quantitative estimate of drug-likeness (QED) is 0.143. The Morgan fingerprint density at radius 3 is 2.68 bits per heavy atom. The van der Waals surface area contributed by atoms with E-state index in [1.54, 1.807) is 13.3 Å². The number of ketones is 1. The molecule has 5 N–H and O–H groups in total. The number of nitrogens with zero attached hydrogens (tertiary/aromatic N) is 7. The van der Waals surface area contributed by atoms with Crippen LogP contribution in [0.2, 0.25) is 0 Å². The van der Waals surface area contributed by atoms with Gasteiger partial charge in [-0.05, 0) is 20.8 Å². The van der Waals surface area contributed by atoms with Gasteiger partial charge in [-0.15, -0.1) is 15.6 Å². The van der Waals surface area contributed by atoms with E-state index >= 15 is 0 Å². The van der Waals surface area contributed by atoms with Crippen molar-refractivity contribution in [1.82, 2.24) is 29.6 Å². The molecule has 2 aromatic rings. The first-order valence-electron chi connectivity index (χ1n) is 10.8. The first-order chi connectivity index (χ1) is 17.2. The number of thiazole rings is 1. The maximum absolute atomic E-state index is 13.2. The standard InChI is InChI=1S/C19H27N9O7S2/c1-10(29)19(2,3)35-26-14(12-9-36-18(20)23-12)16(30)24-15-13(28(17(15)31)37(32,33)34)8-27-22-7-11(25-27)5-6-21-4/h6-7,9,13,15,17,31H,5,8H2,1-4H3,(H2,20,23)(H,24,30)(H,32,33,34). The van der Waals surface area contributed by atoms with E-state index in [1.165, 1.54) is 37.1 Å². The number of hydrogen-bond acceptors (Lipinski definition) is 13. The Hall–Kier alpha value is -3.32. The van der Waals surface area contributed by atoms with Gasteiger partial charge in [0, 0.05) is 25.1 Å². The van der Waals surface area contributed by atoms with Gasteiger partial charge in [-0.25, -0.2) is 4.98 Å². The fraction of sp³-hybridized carbons (Fsp3) is 0.526. The van der Waals surface area contributed by atoms with Crippen LogP contribution in [0.15, 0.2) is 21.7 Å². The average Bonchev–Trinajstić information content (AvgIpc) is 3.43. The van der Waals surface area contributed by atoms with Crippen LogP contribution in [0.1, 0.15) is 32.2 Å². The Morgan fingerprint density at radius 2 is 2.11 bits per heavy atom. The van der Waals surface area contributed by atoms with E-state index in [2.05, 4.69) is 30.6 Å². The third-order valence-electron chi connectivity index (χ3n) is 5.50. The molecule has 18 heteroatoms. The first-order valence-corrected chi connectivity index (χ1v) is 13.1. The predicted octanol–water partition coefficient (Wildman–Crippen LogP) is -1.36. The summed E-state index contributed by atoms with van der Waals surface area (Å²) in [7, 11) is -3.25. The van der Waals surface area contributed by atoms with Crippen molar-refractivity contribution in [1.29, 1.82) is 0 Å². The molecule has 3 unspecified atom stereocenters. The summed E-state index contributed by atoms with van der Waals surface area (Å²) in [5.74, 6) is -1.26. The number of hydrogen-bond donors (Lipinski definition) is 4. The van der Waals surface area contributed by atoms with Gasteiger partial charge in [-0.3, -0.25) is 14.1 Å². The number of nitrogens with two attached hydrogens (primary N) is 1. The lowest BCUT2D eigenvalue weighted by molar-refractivity contribution is -0.138. The van der Waals surface area contributed by atoms with Gasteiger partial charge in [0.15, 0.2) is 22.2 Å². The van der Waals surface area contributed by atoms with Crippen LogP contribution in [-0.2, 0) is 37.7 Å². The number of aliphatic hydroxyl groups excluding tert-OH is 1. The van der Waals surface area contributed by atoms with Crippen molar-refractivity contribution in [3.05, 3.63) is 23.0 Å². The zero-order chi connectivity index (χ0) is 27.5. The van der Waals surface area contributed by atoms with Gasteiger partial charge in [0.05, 0.1) is 30.5 Å². The fourth-order valence-corrected chi connectivity index (χ4v) is 4.69. The number of carbonyl (C=O) groups is 2. The molecule has 1 aliphatic heterocycles. The van der Waals surface area contributed by atoms with Gasteiger partial charge in [0.25, 0.3) is 5.91 Å². The van der Waals surface area contributed by atoms with Crippen LogP contribution in [0, 0.1) is 0 Å². The maximum Gasteiger partial charge on any atom is 0.338 e. The number of oxime groups is 1. The second-order valence-electron chi connectivity index (χ2n) is 8.49. The summed E-state index contributed by atoms with van der Waals surface area (Å²) in [5.41, 5.74) is 4.53. The molecular weight excluding hydrogens is 530 g/mol. The van der Waals surface area contributed by atoms with Gasteiger partial charge in [-0.1, -0.05) is 5.16 Å². The Kier molecular flexibility index (Phi) is 8.38. The van der Waals surface area contributed by atoms with Crippen molar-refractivity contribution in [3.63, 3.8) is 0 Å². The van der Waals surface area contributed by atoms with Gasteiger partial charge in [0.1, 0.15) is 11.9 Å². The molecule has 0 bridgehead atoms. The second kappa shape index (κ2) is 11.0. The summed E-state index contributed by atoms with van der Waals surface area (Å²) in [6.45, 7) is 3.99. The Labute approximate surface area is 216 Å². The van der Waals surface area contributed by atoms with E-state index in [4.69, 9.17) is 10.6 Å². The number of Topliss-reactive ketones (excluding diaryl/α,β-unsaturated/α-hetero) is 1. The zero-order valence-corrected chi connectivity index (χ0v) is 22.0.